The van der Waals surface area contributed by atoms with Crippen molar-refractivity contribution >= 4 is 28.9 Å². The zero-order valence-electron chi connectivity index (χ0n) is 10.8. The Morgan fingerprint density at radius 3 is 2.90 bits per heavy atom. The highest BCUT2D eigenvalue weighted by Gasteiger charge is 2.15. The first-order valence-corrected chi connectivity index (χ1v) is 6.92. The summed E-state index contributed by atoms with van der Waals surface area (Å²) in [5.41, 5.74) is 1.45. The van der Waals surface area contributed by atoms with Gasteiger partial charge < -0.3 is 0 Å². The molecule has 0 aliphatic rings. The van der Waals surface area contributed by atoms with Gasteiger partial charge in [0.15, 0.2) is 0 Å². The van der Waals surface area contributed by atoms with Crippen molar-refractivity contribution in [2.24, 2.45) is 0 Å². The Kier molecular flexibility index (Phi) is 4.62. The van der Waals surface area contributed by atoms with Gasteiger partial charge in [-0.25, -0.2) is 0 Å². The summed E-state index contributed by atoms with van der Waals surface area (Å²) >= 11 is 12.0. The van der Waals surface area contributed by atoms with E-state index in [-0.39, 0.29) is 17.6 Å². The Hall–Kier alpha value is -1.59. The fraction of sp³-hybridized carbons (Fsp3) is 0.308. The minimum atomic E-state index is -0.424. The number of aromatic nitrogens is 2. The normalized spacial score (nSPS) is 12.3. The maximum Gasteiger partial charge on any atom is 0.274 e. The number of hydrogen-bond acceptors (Lipinski definition) is 3. The molecule has 20 heavy (non-hydrogen) atoms. The molecule has 5 nitrogen and oxygen atoms in total. The van der Waals surface area contributed by atoms with Crippen LogP contribution in [0, 0.1) is 10.1 Å². The Morgan fingerprint density at radius 1 is 1.50 bits per heavy atom. The first-order valence-electron chi connectivity index (χ1n) is 6.10. The van der Waals surface area contributed by atoms with Crippen LogP contribution in [0.2, 0.25) is 5.02 Å². The molecule has 1 aromatic carbocycles. The van der Waals surface area contributed by atoms with E-state index in [1.165, 1.54) is 12.1 Å². The predicted molar refractivity (Wildman–Crippen MR) is 78.3 cm³/mol. The molecule has 0 aliphatic heterocycles. The lowest BCUT2D eigenvalue weighted by Gasteiger charge is -2.04. The Labute approximate surface area is 126 Å². The Balaban J connectivity index is 2.27. The number of hydrogen-bond donors (Lipinski definition) is 0. The lowest BCUT2D eigenvalue weighted by Crippen LogP contribution is -2.03. The van der Waals surface area contributed by atoms with Crippen LogP contribution in [0.25, 0.3) is 0 Å². The third kappa shape index (κ3) is 3.29. The SMILES string of the molecule is CCC(Cl)c1cnn(Cc2cc(Cl)ccc2[N+](=O)[O-])c1. The molecule has 1 atom stereocenters. The topological polar surface area (TPSA) is 61.0 Å². The highest BCUT2D eigenvalue weighted by molar-refractivity contribution is 6.30. The zero-order chi connectivity index (χ0) is 14.7. The van der Waals surface area contributed by atoms with Crippen molar-refractivity contribution in [3.05, 3.63) is 56.9 Å². The summed E-state index contributed by atoms with van der Waals surface area (Å²) in [6.45, 7) is 2.26. The van der Waals surface area contributed by atoms with Gasteiger partial charge in [-0.15, -0.1) is 11.6 Å². The lowest BCUT2D eigenvalue weighted by atomic mass is 10.2. The maximum absolute atomic E-state index is 11.0. The molecular weight excluding hydrogens is 301 g/mol. The van der Waals surface area contributed by atoms with E-state index in [2.05, 4.69) is 5.10 Å². The summed E-state index contributed by atoms with van der Waals surface area (Å²) in [5, 5.41) is 15.5. The molecule has 0 spiro atoms. The van der Waals surface area contributed by atoms with Gasteiger partial charge in [-0.3, -0.25) is 14.8 Å². The van der Waals surface area contributed by atoms with Gasteiger partial charge in [-0.05, 0) is 18.6 Å². The van der Waals surface area contributed by atoms with Gasteiger partial charge in [0.2, 0.25) is 0 Å². The standard InChI is InChI=1S/C13H13Cl2N3O2/c1-2-12(15)10-6-16-17(8-10)7-9-5-11(14)3-4-13(9)18(19)20/h3-6,8,12H,2,7H2,1H3. The van der Waals surface area contributed by atoms with E-state index in [9.17, 15) is 10.1 Å². The summed E-state index contributed by atoms with van der Waals surface area (Å²) < 4.78 is 1.62. The Morgan fingerprint density at radius 2 is 2.25 bits per heavy atom. The van der Waals surface area contributed by atoms with Crippen LogP contribution in [0.3, 0.4) is 0 Å². The molecule has 0 radical (unpaired) electrons. The summed E-state index contributed by atoms with van der Waals surface area (Å²) in [4.78, 5) is 10.6. The molecule has 106 valence electrons. The quantitative estimate of drug-likeness (QED) is 0.472. The average Bonchev–Trinajstić information content (AvgIpc) is 2.86. The zero-order valence-corrected chi connectivity index (χ0v) is 12.3. The third-order valence-corrected chi connectivity index (χ3v) is 3.74. The van der Waals surface area contributed by atoms with E-state index in [0.717, 1.165) is 12.0 Å². The first-order chi connectivity index (χ1) is 9.51. The number of rotatable bonds is 5. The molecule has 2 rings (SSSR count). The van der Waals surface area contributed by atoms with Crippen molar-refractivity contribution in [1.29, 1.82) is 0 Å². The van der Waals surface area contributed by atoms with E-state index in [4.69, 9.17) is 23.2 Å². The van der Waals surface area contributed by atoms with Gasteiger partial charge >= 0.3 is 0 Å². The van der Waals surface area contributed by atoms with E-state index in [0.29, 0.717) is 10.6 Å². The number of nitro groups is 1. The molecule has 0 amide bonds. The van der Waals surface area contributed by atoms with Gasteiger partial charge in [-0.1, -0.05) is 18.5 Å². The van der Waals surface area contributed by atoms with Gasteiger partial charge in [-0.2, -0.15) is 5.10 Å². The van der Waals surface area contributed by atoms with Crippen LogP contribution < -0.4 is 0 Å². The van der Waals surface area contributed by atoms with E-state index in [1.807, 2.05) is 6.92 Å². The molecule has 1 unspecified atom stereocenters. The number of nitrogens with zero attached hydrogens (tertiary/aromatic N) is 3. The monoisotopic (exact) mass is 313 g/mol. The van der Waals surface area contributed by atoms with E-state index in [1.54, 1.807) is 23.1 Å². The van der Waals surface area contributed by atoms with Crippen molar-refractivity contribution in [2.75, 3.05) is 0 Å². The van der Waals surface area contributed by atoms with Crippen LogP contribution in [0.4, 0.5) is 5.69 Å². The van der Waals surface area contributed by atoms with Gasteiger partial charge in [0.25, 0.3) is 5.69 Å². The molecule has 0 fully saturated rings. The lowest BCUT2D eigenvalue weighted by molar-refractivity contribution is -0.385. The number of nitro benzene ring substituents is 1. The van der Waals surface area contributed by atoms with Crippen LogP contribution in [-0.4, -0.2) is 14.7 Å². The van der Waals surface area contributed by atoms with Gasteiger partial charge in [0.1, 0.15) is 0 Å². The Bertz CT molecular complexity index is 628. The van der Waals surface area contributed by atoms with Crippen LogP contribution in [0.1, 0.15) is 29.8 Å². The van der Waals surface area contributed by atoms with Crippen LogP contribution in [-0.2, 0) is 6.54 Å². The second kappa shape index (κ2) is 6.24. The van der Waals surface area contributed by atoms with E-state index < -0.39 is 4.92 Å². The minimum absolute atomic E-state index is 0.0318. The second-order valence-electron chi connectivity index (χ2n) is 4.38. The first kappa shape index (κ1) is 14.8. The van der Waals surface area contributed by atoms with Crippen molar-refractivity contribution in [1.82, 2.24) is 9.78 Å². The van der Waals surface area contributed by atoms with Gasteiger partial charge in [0, 0.05) is 22.8 Å². The van der Waals surface area contributed by atoms with Gasteiger partial charge in [0.05, 0.1) is 28.6 Å². The van der Waals surface area contributed by atoms with Crippen molar-refractivity contribution in [3.8, 4) is 0 Å². The fourth-order valence-corrected chi connectivity index (χ4v) is 2.20. The van der Waals surface area contributed by atoms with Crippen molar-refractivity contribution in [2.45, 2.75) is 25.3 Å². The third-order valence-electron chi connectivity index (χ3n) is 2.94. The van der Waals surface area contributed by atoms with Crippen molar-refractivity contribution in [3.63, 3.8) is 0 Å². The number of alkyl halides is 1. The minimum Gasteiger partial charge on any atom is -0.268 e. The number of halogens is 2. The van der Waals surface area contributed by atoms with Crippen LogP contribution in [0.15, 0.2) is 30.6 Å². The molecule has 1 aromatic heterocycles. The van der Waals surface area contributed by atoms with Crippen LogP contribution >= 0.6 is 23.2 Å². The molecule has 0 aliphatic carbocycles. The summed E-state index contributed by atoms with van der Waals surface area (Å²) in [6, 6.07) is 4.49. The second-order valence-corrected chi connectivity index (χ2v) is 5.34. The highest BCUT2D eigenvalue weighted by Crippen LogP contribution is 2.25. The molecule has 0 saturated carbocycles. The fourth-order valence-electron chi connectivity index (χ4n) is 1.90. The molecule has 0 saturated heterocycles. The summed E-state index contributed by atoms with van der Waals surface area (Å²) in [6.07, 6.45) is 4.27. The summed E-state index contributed by atoms with van der Waals surface area (Å²) in [5.74, 6) is 0. The predicted octanol–water partition coefficient (Wildman–Crippen LogP) is 4.18. The molecular formula is C13H13Cl2N3O2. The summed E-state index contributed by atoms with van der Waals surface area (Å²) in [7, 11) is 0. The highest BCUT2D eigenvalue weighted by atomic mass is 35.5. The maximum atomic E-state index is 11.0. The largest absolute Gasteiger partial charge is 0.274 e. The molecule has 1 heterocycles. The molecule has 0 bridgehead atoms. The number of benzene rings is 1. The average molecular weight is 314 g/mol. The van der Waals surface area contributed by atoms with Crippen molar-refractivity contribution < 1.29 is 4.92 Å². The molecule has 7 heteroatoms. The molecule has 2 aromatic rings. The molecule has 0 N–H and O–H groups in total. The van der Waals surface area contributed by atoms with E-state index >= 15 is 0 Å². The van der Waals surface area contributed by atoms with Crippen LogP contribution in [0.5, 0.6) is 0 Å². The smallest absolute Gasteiger partial charge is 0.268 e.